The SMILES string of the molecule is CCc1cc(C#C[Si](C)(C)C)ccc1C#Cc1ccc(C#C[Si](C)(C)C)c(CC)c1. The largest absolute Gasteiger partial charge is 0.129 e. The lowest BCUT2D eigenvalue weighted by molar-refractivity contribution is 1.13. The molecule has 0 amide bonds. The van der Waals surface area contributed by atoms with Crippen LogP contribution < -0.4 is 0 Å². The predicted octanol–water partition coefficient (Wildman–Crippen LogP) is 6.67. The third-order valence-electron chi connectivity index (χ3n) is 4.47. The summed E-state index contributed by atoms with van der Waals surface area (Å²) in [5.41, 5.74) is 13.8. The lowest BCUT2D eigenvalue weighted by Crippen LogP contribution is -2.16. The summed E-state index contributed by atoms with van der Waals surface area (Å²) in [4.78, 5) is 0. The molecule has 0 saturated heterocycles. The molecule has 0 radical (unpaired) electrons. The van der Waals surface area contributed by atoms with Crippen molar-refractivity contribution in [1.29, 1.82) is 0 Å². The van der Waals surface area contributed by atoms with Gasteiger partial charge in [-0.1, -0.05) is 76.8 Å². The highest BCUT2D eigenvalue weighted by Crippen LogP contribution is 2.15. The third kappa shape index (κ3) is 7.76. The zero-order chi connectivity index (χ0) is 22.4. The van der Waals surface area contributed by atoms with Gasteiger partial charge in [0.25, 0.3) is 0 Å². The Kier molecular flexibility index (Phi) is 7.98. The van der Waals surface area contributed by atoms with Crippen molar-refractivity contribution in [3.63, 3.8) is 0 Å². The first kappa shape index (κ1) is 23.8. The van der Waals surface area contributed by atoms with Gasteiger partial charge in [0.2, 0.25) is 0 Å². The van der Waals surface area contributed by atoms with E-state index in [0.717, 1.165) is 35.1 Å². The summed E-state index contributed by atoms with van der Waals surface area (Å²) in [5.74, 6) is 13.5. The van der Waals surface area contributed by atoms with E-state index < -0.39 is 16.1 Å². The molecule has 2 rings (SSSR count). The van der Waals surface area contributed by atoms with Gasteiger partial charge in [-0.3, -0.25) is 0 Å². The molecule has 0 fully saturated rings. The quantitative estimate of drug-likeness (QED) is 0.371. The minimum atomic E-state index is -1.38. The molecular weight excluding hydrogens is 392 g/mol. The number of hydrogen-bond donors (Lipinski definition) is 0. The number of rotatable bonds is 2. The molecule has 30 heavy (non-hydrogen) atoms. The number of benzene rings is 2. The van der Waals surface area contributed by atoms with Crippen LogP contribution in [-0.4, -0.2) is 16.1 Å². The summed E-state index contributed by atoms with van der Waals surface area (Å²) in [6.45, 7) is 18.0. The van der Waals surface area contributed by atoms with Crippen LogP contribution in [0, 0.1) is 34.8 Å². The highest BCUT2D eigenvalue weighted by atomic mass is 28.3. The fraction of sp³-hybridized carbons (Fsp3) is 0.357. The van der Waals surface area contributed by atoms with Crippen molar-refractivity contribution in [2.24, 2.45) is 0 Å². The summed E-state index contributed by atoms with van der Waals surface area (Å²) in [5, 5.41) is 0. The Morgan fingerprint density at radius 2 is 1.00 bits per heavy atom. The minimum absolute atomic E-state index is 0.956. The molecule has 0 aromatic heterocycles. The fourth-order valence-corrected chi connectivity index (χ4v) is 3.85. The highest BCUT2D eigenvalue weighted by molar-refractivity contribution is 6.84. The average Bonchev–Trinajstić information content (AvgIpc) is 2.68. The molecule has 0 unspecified atom stereocenters. The molecule has 0 aliphatic rings. The Balaban J connectivity index is 2.34. The van der Waals surface area contributed by atoms with Crippen molar-refractivity contribution in [2.45, 2.75) is 66.0 Å². The van der Waals surface area contributed by atoms with Crippen LogP contribution in [0.1, 0.15) is 47.2 Å². The first-order valence-electron chi connectivity index (χ1n) is 10.8. The normalized spacial score (nSPS) is 10.8. The van der Waals surface area contributed by atoms with Crippen molar-refractivity contribution < 1.29 is 0 Å². The Morgan fingerprint density at radius 3 is 1.47 bits per heavy atom. The first-order chi connectivity index (χ1) is 14.0. The van der Waals surface area contributed by atoms with Crippen LogP contribution in [0.5, 0.6) is 0 Å². The van der Waals surface area contributed by atoms with Crippen molar-refractivity contribution in [2.75, 3.05) is 0 Å². The average molecular weight is 427 g/mol. The van der Waals surface area contributed by atoms with E-state index in [1.54, 1.807) is 0 Å². The summed E-state index contributed by atoms with van der Waals surface area (Å²) in [7, 11) is -2.74. The van der Waals surface area contributed by atoms with Crippen LogP contribution in [0.3, 0.4) is 0 Å². The highest BCUT2D eigenvalue weighted by Gasteiger charge is 2.09. The predicted molar refractivity (Wildman–Crippen MR) is 138 cm³/mol. The van der Waals surface area contributed by atoms with Gasteiger partial charge in [0.05, 0.1) is 0 Å². The molecule has 0 aliphatic carbocycles. The maximum absolute atomic E-state index is 3.47. The van der Waals surface area contributed by atoms with E-state index in [2.05, 4.69) is 124 Å². The molecule has 2 aromatic rings. The van der Waals surface area contributed by atoms with Crippen molar-refractivity contribution >= 4 is 16.1 Å². The van der Waals surface area contributed by atoms with Crippen LogP contribution in [-0.2, 0) is 12.8 Å². The second-order valence-corrected chi connectivity index (χ2v) is 19.2. The van der Waals surface area contributed by atoms with Gasteiger partial charge in [0, 0.05) is 22.3 Å². The molecule has 0 saturated carbocycles. The molecule has 2 heteroatoms. The van der Waals surface area contributed by atoms with E-state index in [0.29, 0.717) is 0 Å². The second-order valence-electron chi connectivity index (χ2n) is 9.70. The Hall–Kier alpha value is -2.45. The molecule has 0 heterocycles. The molecule has 0 spiro atoms. The molecule has 0 bridgehead atoms. The molecule has 0 atom stereocenters. The zero-order valence-electron chi connectivity index (χ0n) is 19.9. The second kappa shape index (κ2) is 10.0. The van der Waals surface area contributed by atoms with Crippen molar-refractivity contribution in [3.05, 3.63) is 69.8 Å². The molecular formula is C28H34Si2. The Morgan fingerprint density at radius 1 is 0.567 bits per heavy atom. The van der Waals surface area contributed by atoms with Crippen LogP contribution in [0.15, 0.2) is 36.4 Å². The maximum atomic E-state index is 3.47. The standard InChI is InChI=1S/C28H34Si2/c1-9-25-22-24(17-19-29(3,4)5)13-15-27(25)14-11-23-12-16-28(26(10-2)21-23)18-20-30(6,7)8/h12-13,15-16,21-22H,9-10H2,1-8H3. The third-order valence-corrected chi connectivity index (χ3v) is 6.22. The topological polar surface area (TPSA) is 0 Å². The van der Waals surface area contributed by atoms with E-state index in [-0.39, 0.29) is 0 Å². The monoisotopic (exact) mass is 426 g/mol. The molecule has 0 N–H and O–H groups in total. The van der Waals surface area contributed by atoms with E-state index in [9.17, 15) is 0 Å². The summed E-state index contributed by atoms with van der Waals surface area (Å²) < 4.78 is 0. The van der Waals surface area contributed by atoms with Crippen LogP contribution in [0.25, 0.3) is 0 Å². The van der Waals surface area contributed by atoms with Crippen LogP contribution in [0.4, 0.5) is 0 Å². The minimum Gasteiger partial charge on any atom is -0.127 e. The summed E-state index contributed by atoms with van der Waals surface area (Å²) in [6, 6.07) is 12.8. The Bertz CT molecular complexity index is 1090. The van der Waals surface area contributed by atoms with Gasteiger partial charge in [0.15, 0.2) is 0 Å². The van der Waals surface area contributed by atoms with E-state index in [1.807, 2.05) is 0 Å². The number of hydrogen-bond acceptors (Lipinski definition) is 0. The lowest BCUT2D eigenvalue weighted by Gasteiger charge is -2.06. The van der Waals surface area contributed by atoms with Gasteiger partial charge < -0.3 is 0 Å². The van der Waals surface area contributed by atoms with Crippen LogP contribution >= 0.6 is 0 Å². The van der Waals surface area contributed by atoms with Crippen LogP contribution in [0.2, 0.25) is 39.3 Å². The van der Waals surface area contributed by atoms with Gasteiger partial charge in [-0.15, -0.1) is 11.1 Å². The van der Waals surface area contributed by atoms with Gasteiger partial charge in [-0.2, -0.15) is 0 Å². The summed E-state index contributed by atoms with van der Waals surface area (Å²) >= 11 is 0. The molecule has 154 valence electrons. The van der Waals surface area contributed by atoms with Crippen molar-refractivity contribution in [3.8, 4) is 34.8 Å². The fourth-order valence-electron chi connectivity index (χ4n) is 2.83. The molecule has 0 nitrogen and oxygen atoms in total. The van der Waals surface area contributed by atoms with E-state index >= 15 is 0 Å². The van der Waals surface area contributed by atoms with Gasteiger partial charge in [-0.05, 0) is 60.4 Å². The zero-order valence-corrected chi connectivity index (χ0v) is 21.9. The van der Waals surface area contributed by atoms with E-state index in [4.69, 9.17) is 0 Å². The van der Waals surface area contributed by atoms with Gasteiger partial charge in [-0.25, -0.2) is 0 Å². The van der Waals surface area contributed by atoms with Gasteiger partial charge in [0.1, 0.15) is 16.1 Å². The maximum Gasteiger partial charge on any atom is 0.129 e. The molecule has 0 aliphatic heterocycles. The summed E-state index contributed by atoms with van der Waals surface area (Å²) in [6.07, 6.45) is 1.92. The Labute approximate surface area is 186 Å². The van der Waals surface area contributed by atoms with E-state index in [1.165, 1.54) is 11.1 Å². The molecule has 2 aromatic carbocycles. The first-order valence-corrected chi connectivity index (χ1v) is 17.8. The van der Waals surface area contributed by atoms with Crippen molar-refractivity contribution in [1.82, 2.24) is 0 Å². The number of aryl methyl sites for hydroxylation is 2. The smallest absolute Gasteiger partial charge is 0.127 e. The van der Waals surface area contributed by atoms with Gasteiger partial charge >= 0.3 is 0 Å². The lowest BCUT2D eigenvalue weighted by atomic mass is 10.0.